The van der Waals surface area contributed by atoms with Crippen LogP contribution in [-0.2, 0) is 16.0 Å². The van der Waals surface area contributed by atoms with Gasteiger partial charge in [-0.05, 0) is 62.1 Å². The van der Waals surface area contributed by atoms with Gasteiger partial charge >= 0.3 is 5.97 Å². The number of carbonyl (C=O) groups excluding carboxylic acids is 1. The average Bonchev–Trinajstić information content (AvgIpc) is 3.32. The highest BCUT2D eigenvalue weighted by atomic mass is 16.5. The Morgan fingerprint density at radius 3 is 2.66 bits per heavy atom. The number of fused-ring (bicyclic) bond motifs is 1. The Labute approximate surface area is 189 Å². The van der Waals surface area contributed by atoms with Gasteiger partial charge in [-0.3, -0.25) is 4.90 Å². The predicted octanol–water partition coefficient (Wildman–Crippen LogP) is 5.28. The summed E-state index contributed by atoms with van der Waals surface area (Å²) in [5.41, 5.74) is 4.82. The SMILES string of the molecule is CCO[C@H]1CCN(Cc2c(OC)cc(C)c3occc23)[C@H](c2ccc(C(=O)OC)cc2)C1. The van der Waals surface area contributed by atoms with E-state index in [-0.39, 0.29) is 18.1 Å². The van der Waals surface area contributed by atoms with Crippen LogP contribution in [-0.4, -0.2) is 44.3 Å². The van der Waals surface area contributed by atoms with Crippen molar-refractivity contribution in [3.63, 3.8) is 0 Å². The fourth-order valence-corrected chi connectivity index (χ4v) is 4.75. The lowest BCUT2D eigenvalue weighted by Gasteiger charge is -2.40. The van der Waals surface area contributed by atoms with Gasteiger partial charge < -0.3 is 18.6 Å². The molecule has 0 unspecified atom stereocenters. The van der Waals surface area contributed by atoms with Gasteiger partial charge in [-0.1, -0.05) is 12.1 Å². The third-order valence-electron chi connectivity index (χ3n) is 6.36. The van der Waals surface area contributed by atoms with Gasteiger partial charge in [0.1, 0.15) is 11.3 Å². The minimum atomic E-state index is -0.323. The van der Waals surface area contributed by atoms with E-state index in [1.165, 1.54) is 7.11 Å². The van der Waals surface area contributed by atoms with Crippen LogP contribution in [0, 0.1) is 6.92 Å². The Balaban J connectivity index is 1.67. The van der Waals surface area contributed by atoms with Gasteiger partial charge in [-0.25, -0.2) is 4.79 Å². The molecule has 0 spiro atoms. The molecule has 4 rings (SSSR count). The summed E-state index contributed by atoms with van der Waals surface area (Å²) in [6.07, 6.45) is 3.84. The molecule has 2 atom stereocenters. The van der Waals surface area contributed by atoms with Crippen molar-refractivity contribution in [1.82, 2.24) is 4.90 Å². The molecule has 0 saturated carbocycles. The van der Waals surface area contributed by atoms with E-state index in [0.29, 0.717) is 12.2 Å². The number of piperidine rings is 1. The maximum absolute atomic E-state index is 11.9. The summed E-state index contributed by atoms with van der Waals surface area (Å²) >= 11 is 0. The van der Waals surface area contributed by atoms with E-state index in [2.05, 4.69) is 4.90 Å². The Morgan fingerprint density at radius 1 is 1.19 bits per heavy atom. The normalized spacial score (nSPS) is 19.2. The van der Waals surface area contributed by atoms with Gasteiger partial charge in [0, 0.05) is 36.7 Å². The van der Waals surface area contributed by atoms with E-state index in [4.69, 9.17) is 18.6 Å². The standard InChI is InChI=1S/C26H31NO5/c1-5-31-20-10-12-27(23(15-20)18-6-8-19(9-7-18)26(28)30-4)16-22-21-11-13-32-25(21)17(2)14-24(22)29-3/h6-9,11,13-14,20,23H,5,10,12,15-16H2,1-4H3/t20-,23-/m0/s1. The van der Waals surface area contributed by atoms with Gasteiger partial charge in [-0.2, -0.15) is 0 Å². The van der Waals surface area contributed by atoms with E-state index in [1.807, 2.05) is 50.2 Å². The van der Waals surface area contributed by atoms with Crippen molar-refractivity contribution >= 4 is 16.9 Å². The van der Waals surface area contributed by atoms with Gasteiger partial charge in [0.05, 0.1) is 32.2 Å². The molecule has 1 aromatic heterocycles. The lowest BCUT2D eigenvalue weighted by molar-refractivity contribution is -0.0138. The van der Waals surface area contributed by atoms with Gasteiger partial charge in [-0.15, -0.1) is 0 Å². The van der Waals surface area contributed by atoms with Gasteiger partial charge in [0.25, 0.3) is 0 Å². The topological polar surface area (TPSA) is 61.1 Å². The third kappa shape index (κ3) is 4.38. The number of hydrogen-bond acceptors (Lipinski definition) is 6. The molecule has 6 heteroatoms. The number of rotatable bonds is 7. The van der Waals surface area contributed by atoms with E-state index in [1.54, 1.807) is 13.4 Å². The number of benzene rings is 2. The number of methoxy groups -OCH3 is 2. The van der Waals surface area contributed by atoms with Crippen LogP contribution in [0.25, 0.3) is 11.0 Å². The highest BCUT2D eigenvalue weighted by Crippen LogP contribution is 2.38. The van der Waals surface area contributed by atoms with Gasteiger partial charge in [0.15, 0.2) is 0 Å². The summed E-state index contributed by atoms with van der Waals surface area (Å²) < 4.78 is 22.3. The maximum Gasteiger partial charge on any atom is 0.337 e. The molecular formula is C26H31NO5. The van der Waals surface area contributed by atoms with Crippen LogP contribution < -0.4 is 4.74 Å². The molecule has 0 amide bonds. The molecular weight excluding hydrogens is 406 g/mol. The molecule has 1 aliphatic rings. The van der Waals surface area contributed by atoms with Crippen molar-refractivity contribution in [2.24, 2.45) is 0 Å². The number of likely N-dealkylation sites (tertiary alicyclic amines) is 1. The van der Waals surface area contributed by atoms with E-state index < -0.39 is 0 Å². The number of ether oxygens (including phenoxy) is 3. The number of carbonyl (C=O) groups is 1. The molecule has 0 aliphatic carbocycles. The van der Waals surface area contributed by atoms with Crippen LogP contribution in [0.3, 0.4) is 0 Å². The molecule has 1 fully saturated rings. The van der Waals surface area contributed by atoms with Crippen LogP contribution in [0.4, 0.5) is 0 Å². The lowest BCUT2D eigenvalue weighted by atomic mass is 9.91. The highest BCUT2D eigenvalue weighted by molar-refractivity contribution is 5.89. The summed E-state index contributed by atoms with van der Waals surface area (Å²) in [6.45, 7) is 6.43. The van der Waals surface area contributed by atoms with Crippen molar-refractivity contribution in [3.05, 3.63) is 64.9 Å². The molecule has 0 bridgehead atoms. The number of nitrogens with zero attached hydrogens (tertiary/aromatic N) is 1. The molecule has 2 aromatic carbocycles. The largest absolute Gasteiger partial charge is 0.496 e. The second-order valence-electron chi connectivity index (χ2n) is 8.24. The molecule has 3 aromatic rings. The quantitative estimate of drug-likeness (QED) is 0.469. The first kappa shape index (κ1) is 22.4. The second-order valence-corrected chi connectivity index (χ2v) is 8.24. The zero-order valence-corrected chi connectivity index (χ0v) is 19.2. The number of aryl methyl sites for hydroxylation is 1. The summed E-state index contributed by atoms with van der Waals surface area (Å²) in [6, 6.07) is 12.0. The zero-order valence-electron chi connectivity index (χ0n) is 19.2. The molecule has 2 heterocycles. The van der Waals surface area contributed by atoms with Crippen LogP contribution in [0.5, 0.6) is 5.75 Å². The van der Waals surface area contributed by atoms with Crippen molar-refractivity contribution in [2.75, 3.05) is 27.4 Å². The van der Waals surface area contributed by atoms with Crippen molar-refractivity contribution in [2.45, 2.75) is 45.4 Å². The van der Waals surface area contributed by atoms with Crippen LogP contribution in [0.1, 0.15) is 52.9 Å². The monoisotopic (exact) mass is 437 g/mol. The summed E-state index contributed by atoms with van der Waals surface area (Å²) in [7, 11) is 3.12. The number of furan rings is 1. The summed E-state index contributed by atoms with van der Waals surface area (Å²) in [4.78, 5) is 14.3. The van der Waals surface area contributed by atoms with Crippen molar-refractivity contribution in [1.29, 1.82) is 0 Å². The fourth-order valence-electron chi connectivity index (χ4n) is 4.75. The smallest absolute Gasteiger partial charge is 0.337 e. The Bertz CT molecular complexity index is 1070. The maximum atomic E-state index is 11.9. The number of hydrogen-bond donors (Lipinski definition) is 0. The van der Waals surface area contributed by atoms with E-state index in [9.17, 15) is 4.79 Å². The van der Waals surface area contributed by atoms with Crippen LogP contribution in [0.15, 0.2) is 47.1 Å². The van der Waals surface area contributed by atoms with Crippen LogP contribution >= 0.6 is 0 Å². The number of esters is 1. The molecule has 1 aliphatic heterocycles. The van der Waals surface area contributed by atoms with Crippen molar-refractivity contribution in [3.8, 4) is 5.75 Å². The van der Waals surface area contributed by atoms with Crippen molar-refractivity contribution < 1.29 is 23.4 Å². The van der Waals surface area contributed by atoms with Crippen LogP contribution in [0.2, 0.25) is 0 Å². The summed E-state index contributed by atoms with van der Waals surface area (Å²) in [5.74, 6) is 0.555. The van der Waals surface area contributed by atoms with E-state index in [0.717, 1.165) is 59.3 Å². The molecule has 170 valence electrons. The molecule has 32 heavy (non-hydrogen) atoms. The second kappa shape index (κ2) is 9.76. The Hall–Kier alpha value is -2.83. The predicted molar refractivity (Wildman–Crippen MR) is 123 cm³/mol. The highest BCUT2D eigenvalue weighted by Gasteiger charge is 2.31. The minimum absolute atomic E-state index is 0.167. The molecule has 0 radical (unpaired) electrons. The van der Waals surface area contributed by atoms with Gasteiger partial charge in [0.2, 0.25) is 0 Å². The third-order valence-corrected chi connectivity index (χ3v) is 6.36. The Kier molecular flexibility index (Phi) is 6.82. The minimum Gasteiger partial charge on any atom is -0.496 e. The van der Waals surface area contributed by atoms with E-state index >= 15 is 0 Å². The average molecular weight is 438 g/mol. The lowest BCUT2D eigenvalue weighted by Crippen LogP contribution is -2.39. The molecule has 0 N–H and O–H groups in total. The summed E-state index contributed by atoms with van der Waals surface area (Å²) in [5, 5.41) is 1.09. The first-order chi connectivity index (χ1) is 15.5. The molecule has 1 saturated heterocycles. The molecule has 6 nitrogen and oxygen atoms in total. The zero-order chi connectivity index (χ0) is 22.7. The Morgan fingerprint density at radius 2 is 1.97 bits per heavy atom. The fraction of sp³-hybridized carbons (Fsp3) is 0.423. The first-order valence-corrected chi connectivity index (χ1v) is 11.1. The first-order valence-electron chi connectivity index (χ1n) is 11.1.